The molecule has 2 fully saturated rings. The minimum Gasteiger partial charge on any atom is -0.439 e. The SMILES string of the molecule is O=C(c1ccc(Oc2ccc(Cl)cn2)cc1)N1CC(N2CCN(C(=O)c3nccs3)CC2)C1. The van der Waals surface area contributed by atoms with Gasteiger partial charge in [-0.2, -0.15) is 0 Å². The summed E-state index contributed by atoms with van der Waals surface area (Å²) in [6.45, 7) is 4.40. The highest BCUT2D eigenvalue weighted by molar-refractivity contribution is 7.11. The van der Waals surface area contributed by atoms with Crippen molar-refractivity contribution in [2.24, 2.45) is 0 Å². The fourth-order valence-electron chi connectivity index (χ4n) is 4.00. The third-order valence-electron chi connectivity index (χ3n) is 5.91. The average Bonchev–Trinajstić information content (AvgIpc) is 3.35. The third-order valence-corrected chi connectivity index (χ3v) is 6.89. The van der Waals surface area contributed by atoms with E-state index >= 15 is 0 Å². The second-order valence-electron chi connectivity index (χ2n) is 7.97. The molecule has 2 aromatic heterocycles. The Balaban J connectivity index is 1.09. The van der Waals surface area contributed by atoms with Crippen LogP contribution in [0.3, 0.4) is 0 Å². The molecule has 2 aliphatic rings. The van der Waals surface area contributed by atoms with Gasteiger partial charge in [-0.1, -0.05) is 11.6 Å². The number of hydrogen-bond donors (Lipinski definition) is 0. The molecule has 0 N–H and O–H groups in total. The smallest absolute Gasteiger partial charge is 0.282 e. The van der Waals surface area contributed by atoms with E-state index < -0.39 is 0 Å². The van der Waals surface area contributed by atoms with Crippen LogP contribution in [-0.2, 0) is 0 Å². The molecule has 2 aliphatic heterocycles. The molecule has 0 bridgehead atoms. The molecule has 2 saturated heterocycles. The minimum atomic E-state index is 0.00864. The van der Waals surface area contributed by atoms with E-state index in [1.165, 1.54) is 17.5 Å². The van der Waals surface area contributed by atoms with Crippen molar-refractivity contribution in [3.8, 4) is 11.6 Å². The summed E-state index contributed by atoms with van der Waals surface area (Å²) in [4.78, 5) is 39.6. The molecule has 5 rings (SSSR count). The zero-order valence-corrected chi connectivity index (χ0v) is 19.3. The van der Waals surface area contributed by atoms with E-state index in [1.807, 2.05) is 15.2 Å². The summed E-state index contributed by atoms with van der Waals surface area (Å²) >= 11 is 7.21. The van der Waals surface area contributed by atoms with Gasteiger partial charge in [0.2, 0.25) is 5.88 Å². The maximum absolute atomic E-state index is 12.8. The molecule has 0 atom stereocenters. The molecule has 2 amide bonds. The van der Waals surface area contributed by atoms with Crippen LogP contribution in [0.2, 0.25) is 5.02 Å². The van der Waals surface area contributed by atoms with Crippen molar-refractivity contribution < 1.29 is 14.3 Å². The molecule has 4 heterocycles. The van der Waals surface area contributed by atoms with Crippen molar-refractivity contribution in [3.05, 3.63) is 69.8 Å². The van der Waals surface area contributed by atoms with E-state index in [1.54, 1.807) is 42.6 Å². The lowest BCUT2D eigenvalue weighted by Gasteiger charge is -2.48. The van der Waals surface area contributed by atoms with Gasteiger partial charge in [0.05, 0.1) is 5.02 Å². The summed E-state index contributed by atoms with van der Waals surface area (Å²) in [6.07, 6.45) is 3.18. The molecule has 1 aromatic carbocycles. The first kappa shape index (κ1) is 21.8. The Morgan fingerprint density at radius 1 is 0.939 bits per heavy atom. The summed E-state index contributed by atoms with van der Waals surface area (Å²) in [7, 11) is 0. The molecule has 3 aromatic rings. The standard InChI is InChI=1S/C23H22ClN5O3S/c24-17-3-6-20(26-13-17)32-19-4-1-16(2-5-19)22(30)29-14-18(15-29)27-8-10-28(11-9-27)23(31)21-25-7-12-33-21/h1-7,12-13,18H,8-11,14-15H2. The molecule has 170 valence electrons. The number of likely N-dealkylation sites (tertiary alicyclic amines) is 1. The van der Waals surface area contributed by atoms with Crippen LogP contribution in [-0.4, -0.2) is 81.8 Å². The lowest BCUT2D eigenvalue weighted by atomic mass is 10.0. The number of halogens is 1. The first-order chi connectivity index (χ1) is 16.1. The molecular formula is C23H22ClN5O3S. The van der Waals surface area contributed by atoms with Crippen molar-refractivity contribution in [2.75, 3.05) is 39.3 Å². The zero-order chi connectivity index (χ0) is 22.8. The predicted molar refractivity (Wildman–Crippen MR) is 125 cm³/mol. The number of benzene rings is 1. The summed E-state index contributed by atoms with van der Waals surface area (Å²) in [5.74, 6) is 1.07. The first-order valence-electron chi connectivity index (χ1n) is 10.7. The Kier molecular flexibility index (Phi) is 6.26. The Morgan fingerprint density at radius 3 is 2.33 bits per heavy atom. The van der Waals surface area contributed by atoms with Crippen LogP contribution in [0.4, 0.5) is 0 Å². The number of thiazole rings is 1. The van der Waals surface area contributed by atoms with Gasteiger partial charge >= 0.3 is 0 Å². The normalized spacial score (nSPS) is 17.0. The van der Waals surface area contributed by atoms with Crippen molar-refractivity contribution in [1.82, 2.24) is 24.7 Å². The fourth-order valence-corrected chi connectivity index (χ4v) is 4.71. The minimum absolute atomic E-state index is 0.00864. The van der Waals surface area contributed by atoms with E-state index in [2.05, 4.69) is 14.9 Å². The van der Waals surface area contributed by atoms with Gasteiger partial charge in [-0.3, -0.25) is 14.5 Å². The lowest BCUT2D eigenvalue weighted by Crippen LogP contribution is -2.64. The molecule has 0 radical (unpaired) electrons. The van der Waals surface area contributed by atoms with Crippen molar-refractivity contribution in [2.45, 2.75) is 6.04 Å². The van der Waals surface area contributed by atoms with Gasteiger partial charge in [-0.15, -0.1) is 11.3 Å². The van der Waals surface area contributed by atoms with Gasteiger partial charge in [-0.25, -0.2) is 9.97 Å². The Hall–Kier alpha value is -3.01. The molecule has 8 nitrogen and oxygen atoms in total. The fraction of sp³-hybridized carbons (Fsp3) is 0.304. The van der Waals surface area contributed by atoms with Crippen LogP contribution >= 0.6 is 22.9 Å². The molecular weight excluding hydrogens is 462 g/mol. The number of amides is 2. The summed E-state index contributed by atoms with van der Waals surface area (Å²) in [5, 5.41) is 2.91. The Bertz CT molecular complexity index is 1110. The Morgan fingerprint density at radius 2 is 1.70 bits per heavy atom. The third kappa shape index (κ3) is 4.85. The molecule has 0 spiro atoms. The molecule has 0 unspecified atom stereocenters. The summed E-state index contributed by atoms with van der Waals surface area (Å²) in [5.41, 5.74) is 0.628. The number of nitrogens with zero attached hydrogens (tertiary/aromatic N) is 5. The molecule has 33 heavy (non-hydrogen) atoms. The van der Waals surface area contributed by atoms with Gasteiger partial charge in [0, 0.05) is 74.7 Å². The maximum atomic E-state index is 12.8. The van der Waals surface area contributed by atoms with E-state index in [9.17, 15) is 9.59 Å². The lowest BCUT2D eigenvalue weighted by molar-refractivity contribution is 0.00853. The van der Waals surface area contributed by atoms with Crippen molar-refractivity contribution in [1.29, 1.82) is 0 Å². The molecule has 10 heteroatoms. The van der Waals surface area contributed by atoms with E-state index in [-0.39, 0.29) is 11.8 Å². The average molecular weight is 484 g/mol. The number of rotatable bonds is 5. The van der Waals surface area contributed by atoms with Crippen LogP contribution < -0.4 is 4.74 Å². The van der Waals surface area contributed by atoms with Crippen LogP contribution in [0.1, 0.15) is 20.2 Å². The van der Waals surface area contributed by atoms with E-state index in [4.69, 9.17) is 16.3 Å². The Labute approximate surface area is 200 Å². The van der Waals surface area contributed by atoms with Gasteiger partial charge < -0.3 is 14.5 Å². The maximum Gasteiger partial charge on any atom is 0.282 e. The highest BCUT2D eigenvalue weighted by Gasteiger charge is 2.37. The van der Waals surface area contributed by atoms with Crippen molar-refractivity contribution in [3.63, 3.8) is 0 Å². The largest absolute Gasteiger partial charge is 0.439 e. The number of hydrogen-bond acceptors (Lipinski definition) is 7. The van der Waals surface area contributed by atoms with Crippen LogP contribution in [0.15, 0.2) is 54.2 Å². The number of ether oxygens (including phenoxy) is 1. The number of piperazine rings is 1. The quantitative estimate of drug-likeness (QED) is 0.554. The summed E-state index contributed by atoms with van der Waals surface area (Å²) in [6, 6.07) is 10.8. The second kappa shape index (κ2) is 9.46. The van der Waals surface area contributed by atoms with Crippen LogP contribution in [0.25, 0.3) is 0 Å². The number of pyridine rings is 1. The highest BCUT2D eigenvalue weighted by Crippen LogP contribution is 2.24. The first-order valence-corrected chi connectivity index (χ1v) is 11.9. The highest BCUT2D eigenvalue weighted by atomic mass is 35.5. The monoisotopic (exact) mass is 483 g/mol. The van der Waals surface area contributed by atoms with Crippen molar-refractivity contribution >= 4 is 34.8 Å². The van der Waals surface area contributed by atoms with Crippen LogP contribution in [0, 0.1) is 0 Å². The van der Waals surface area contributed by atoms with Crippen LogP contribution in [0.5, 0.6) is 11.6 Å². The van der Waals surface area contributed by atoms with Gasteiger partial charge in [-0.05, 0) is 30.3 Å². The number of aromatic nitrogens is 2. The number of carbonyl (C=O) groups excluding carboxylic acids is 2. The molecule has 0 aliphatic carbocycles. The summed E-state index contributed by atoms with van der Waals surface area (Å²) < 4.78 is 5.68. The van der Waals surface area contributed by atoms with Gasteiger partial charge in [0.15, 0.2) is 5.01 Å². The zero-order valence-electron chi connectivity index (χ0n) is 17.8. The van der Waals surface area contributed by atoms with E-state index in [0.29, 0.717) is 59.4 Å². The molecule has 0 saturated carbocycles. The number of carbonyl (C=O) groups is 2. The predicted octanol–water partition coefficient (Wildman–Crippen LogP) is 3.27. The second-order valence-corrected chi connectivity index (χ2v) is 9.30. The topological polar surface area (TPSA) is 78.9 Å². The van der Waals surface area contributed by atoms with E-state index in [0.717, 1.165) is 13.1 Å². The van der Waals surface area contributed by atoms with Gasteiger partial charge in [0.1, 0.15) is 5.75 Å². The van der Waals surface area contributed by atoms with Gasteiger partial charge in [0.25, 0.3) is 11.8 Å².